The molecule has 2 aromatic rings. The van der Waals surface area contributed by atoms with Crippen LogP contribution in [0, 0.1) is 6.92 Å². The van der Waals surface area contributed by atoms with Gasteiger partial charge < -0.3 is 11.1 Å². The third kappa shape index (κ3) is 2.88. The number of aromatic nitrogens is 2. The number of rotatable bonds is 4. The molecule has 0 unspecified atom stereocenters. The first-order valence-electron chi connectivity index (χ1n) is 5.85. The smallest absolute Gasteiger partial charge is 0.239 e. The van der Waals surface area contributed by atoms with E-state index in [1.165, 1.54) is 0 Å². The molecule has 0 spiro atoms. The molecule has 100 valence electrons. The third-order valence-corrected chi connectivity index (χ3v) is 3.10. The van der Waals surface area contributed by atoms with E-state index in [2.05, 4.69) is 10.4 Å². The average Bonchev–Trinajstić information content (AvgIpc) is 2.71. The number of carbonyl (C=O) groups excluding carboxylic acids is 1. The highest BCUT2D eigenvalue weighted by atomic mass is 35.5. The number of nitrogens with two attached hydrogens (primary N) is 1. The molecule has 0 fully saturated rings. The Labute approximate surface area is 116 Å². The predicted molar refractivity (Wildman–Crippen MR) is 75.6 cm³/mol. The number of primary amides is 1. The largest absolute Gasteiger partial charge is 0.371 e. The van der Waals surface area contributed by atoms with Crippen LogP contribution in [0.2, 0.25) is 5.02 Å². The molecule has 2 rings (SSSR count). The predicted octanol–water partition coefficient (Wildman–Crippen LogP) is 2.12. The summed E-state index contributed by atoms with van der Waals surface area (Å²) in [7, 11) is 0. The summed E-state index contributed by atoms with van der Waals surface area (Å²) in [6.45, 7) is 3.61. The van der Waals surface area contributed by atoms with Crippen LogP contribution in [0.1, 0.15) is 12.6 Å². The average molecular weight is 279 g/mol. The highest BCUT2D eigenvalue weighted by molar-refractivity contribution is 6.30. The summed E-state index contributed by atoms with van der Waals surface area (Å²) in [6.07, 6.45) is 1.66. The molecular formula is C13H15ClN4O. The molecule has 6 heteroatoms. The highest BCUT2D eigenvalue weighted by Crippen LogP contribution is 2.21. The van der Waals surface area contributed by atoms with Gasteiger partial charge in [-0.2, -0.15) is 5.10 Å². The van der Waals surface area contributed by atoms with Crippen molar-refractivity contribution in [3.8, 4) is 5.69 Å². The van der Waals surface area contributed by atoms with Crippen LogP contribution in [-0.4, -0.2) is 21.7 Å². The molecule has 0 radical (unpaired) electrons. The summed E-state index contributed by atoms with van der Waals surface area (Å²) in [4.78, 5) is 11.1. The monoisotopic (exact) mass is 278 g/mol. The molecule has 0 aliphatic heterocycles. The molecule has 3 N–H and O–H groups in total. The fourth-order valence-electron chi connectivity index (χ4n) is 1.72. The molecule has 19 heavy (non-hydrogen) atoms. The topological polar surface area (TPSA) is 72.9 Å². The molecule has 1 amide bonds. The number of hydrogen-bond acceptors (Lipinski definition) is 3. The number of carbonyl (C=O) groups is 1. The van der Waals surface area contributed by atoms with Gasteiger partial charge in [0.15, 0.2) is 0 Å². The molecule has 5 nitrogen and oxygen atoms in total. The van der Waals surface area contributed by atoms with Gasteiger partial charge in [-0.25, -0.2) is 4.68 Å². The van der Waals surface area contributed by atoms with Crippen molar-refractivity contribution in [3.05, 3.63) is 41.2 Å². The molecule has 1 aromatic heterocycles. The summed E-state index contributed by atoms with van der Waals surface area (Å²) in [5, 5.41) is 7.95. The standard InChI is InChI=1S/C13H15ClN4O/c1-8(13(15)19)17-12-7-16-18(9(12)2)11-5-3-4-10(14)6-11/h3-8,17H,1-2H3,(H2,15,19)/t8-/m1/s1. The maximum atomic E-state index is 11.1. The number of amides is 1. The van der Waals surface area contributed by atoms with Gasteiger partial charge in [-0.05, 0) is 32.0 Å². The molecule has 1 aromatic carbocycles. The number of hydrogen-bond donors (Lipinski definition) is 2. The molecule has 1 heterocycles. The SMILES string of the molecule is Cc1c(N[C@H](C)C(N)=O)cnn1-c1cccc(Cl)c1. The summed E-state index contributed by atoms with van der Waals surface area (Å²) in [6, 6.07) is 6.95. The van der Waals surface area contributed by atoms with Gasteiger partial charge in [0.1, 0.15) is 6.04 Å². The van der Waals surface area contributed by atoms with Crippen LogP contribution in [0.5, 0.6) is 0 Å². The fourth-order valence-corrected chi connectivity index (χ4v) is 1.91. The van der Waals surface area contributed by atoms with Crippen molar-refractivity contribution >= 4 is 23.2 Å². The summed E-state index contributed by atoms with van der Waals surface area (Å²) in [5.41, 5.74) is 7.75. The zero-order valence-corrected chi connectivity index (χ0v) is 11.5. The van der Waals surface area contributed by atoms with Crippen LogP contribution in [0.15, 0.2) is 30.5 Å². The fraction of sp³-hybridized carbons (Fsp3) is 0.231. The van der Waals surface area contributed by atoms with Crippen molar-refractivity contribution in [1.82, 2.24) is 9.78 Å². The third-order valence-electron chi connectivity index (χ3n) is 2.86. The normalized spacial score (nSPS) is 12.2. The zero-order valence-electron chi connectivity index (χ0n) is 10.7. The van der Waals surface area contributed by atoms with E-state index < -0.39 is 11.9 Å². The zero-order chi connectivity index (χ0) is 14.0. The van der Waals surface area contributed by atoms with Crippen molar-refractivity contribution in [2.75, 3.05) is 5.32 Å². The lowest BCUT2D eigenvalue weighted by atomic mass is 10.3. The lowest BCUT2D eigenvalue weighted by Gasteiger charge is -2.11. The van der Waals surface area contributed by atoms with E-state index in [4.69, 9.17) is 17.3 Å². The summed E-state index contributed by atoms with van der Waals surface area (Å²) < 4.78 is 1.75. The van der Waals surface area contributed by atoms with Crippen LogP contribution in [0.25, 0.3) is 5.69 Å². The first-order chi connectivity index (χ1) is 8.99. The van der Waals surface area contributed by atoms with Crippen molar-refractivity contribution < 1.29 is 4.79 Å². The quantitative estimate of drug-likeness (QED) is 0.900. The molecule has 0 bridgehead atoms. The van der Waals surface area contributed by atoms with Gasteiger partial charge in [0.2, 0.25) is 5.91 Å². The van der Waals surface area contributed by atoms with Crippen LogP contribution >= 0.6 is 11.6 Å². The summed E-state index contributed by atoms with van der Waals surface area (Å²) >= 11 is 5.96. The minimum atomic E-state index is -0.448. The van der Waals surface area contributed by atoms with Crippen LogP contribution < -0.4 is 11.1 Å². The van der Waals surface area contributed by atoms with Gasteiger partial charge >= 0.3 is 0 Å². The number of benzene rings is 1. The lowest BCUT2D eigenvalue weighted by Crippen LogP contribution is -2.32. The Morgan fingerprint density at radius 1 is 1.53 bits per heavy atom. The molecule has 0 saturated heterocycles. The van der Waals surface area contributed by atoms with E-state index in [9.17, 15) is 4.79 Å². The highest BCUT2D eigenvalue weighted by Gasteiger charge is 2.13. The Hall–Kier alpha value is -2.01. The van der Waals surface area contributed by atoms with E-state index in [1.807, 2.05) is 25.1 Å². The van der Waals surface area contributed by atoms with Crippen LogP contribution in [-0.2, 0) is 4.79 Å². The number of anilines is 1. The van der Waals surface area contributed by atoms with Gasteiger partial charge in [-0.15, -0.1) is 0 Å². The maximum Gasteiger partial charge on any atom is 0.239 e. The van der Waals surface area contributed by atoms with E-state index in [-0.39, 0.29) is 0 Å². The van der Waals surface area contributed by atoms with Crippen molar-refractivity contribution in [1.29, 1.82) is 0 Å². The second-order valence-electron chi connectivity index (χ2n) is 4.30. The number of nitrogens with zero attached hydrogens (tertiary/aromatic N) is 2. The van der Waals surface area contributed by atoms with Gasteiger partial charge in [0.05, 0.1) is 23.3 Å². The van der Waals surface area contributed by atoms with Gasteiger partial charge in [-0.1, -0.05) is 17.7 Å². The second kappa shape index (κ2) is 5.32. The Morgan fingerprint density at radius 2 is 2.26 bits per heavy atom. The van der Waals surface area contributed by atoms with E-state index >= 15 is 0 Å². The lowest BCUT2D eigenvalue weighted by molar-refractivity contribution is -0.118. The van der Waals surface area contributed by atoms with Crippen molar-refractivity contribution in [2.45, 2.75) is 19.9 Å². The van der Waals surface area contributed by atoms with E-state index in [0.717, 1.165) is 17.1 Å². The molecule has 0 saturated carbocycles. The van der Waals surface area contributed by atoms with E-state index in [0.29, 0.717) is 5.02 Å². The Kier molecular flexibility index (Phi) is 3.76. The Morgan fingerprint density at radius 3 is 2.89 bits per heavy atom. The minimum Gasteiger partial charge on any atom is -0.371 e. The van der Waals surface area contributed by atoms with Crippen molar-refractivity contribution in [3.63, 3.8) is 0 Å². The van der Waals surface area contributed by atoms with Gasteiger partial charge in [0, 0.05) is 5.02 Å². The van der Waals surface area contributed by atoms with Gasteiger partial charge in [0.25, 0.3) is 0 Å². The second-order valence-corrected chi connectivity index (χ2v) is 4.74. The molecule has 0 aliphatic carbocycles. The maximum absolute atomic E-state index is 11.1. The van der Waals surface area contributed by atoms with Gasteiger partial charge in [-0.3, -0.25) is 4.79 Å². The first kappa shape index (κ1) is 13.4. The van der Waals surface area contributed by atoms with Crippen LogP contribution in [0.4, 0.5) is 5.69 Å². The summed E-state index contributed by atoms with van der Waals surface area (Å²) in [5.74, 6) is -0.407. The first-order valence-corrected chi connectivity index (χ1v) is 6.23. The number of nitrogens with one attached hydrogen (secondary N) is 1. The number of halogens is 1. The van der Waals surface area contributed by atoms with Crippen molar-refractivity contribution in [2.24, 2.45) is 5.73 Å². The van der Waals surface area contributed by atoms with E-state index in [1.54, 1.807) is 23.9 Å². The molecule has 1 atom stereocenters. The Balaban J connectivity index is 2.30. The minimum absolute atomic E-state index is 0.407. The Bertz CT molecular complexity index is 608. The molecular weight excluding hydrogens is 264 g/mol. The molecule has 0 aliphatic rings. The van der Waals surface area contributed by atoms with Crippen LogP contribution in [0.3, 0.4) is 0 Å².